The van der Waals surface area contributed by atoms with Gasteiger partial charge in [-0.15, -0.1) is 10.2 Å². The van der Waals surface area contributed by atoms with Crippen LogP contribution in [0.25, 0.3) is 0 Å². The summed E-state index contributed by atoms with van der Waals surface area (Å²) >= 11 is 1.25. The van der Waals surface area contributed by atoms with Gasteiger partial charge in [-0.1, -0.05) is 59.4 Å². The molecule has 1 heterocycles. The minimum atomic E-state index is -3.69. The quantitative estimate of drug-likeness (QED) is 0.737. The largest absolute Gasteiger partial charge is 0.264 e. The number of benzene rings is 2. The van der Waals surface area contributed by atoms with E-state index in [-0.39, 0.29) is 5.13 Å². The van der Waals surface area contributed by atoms with Crippen molar-refractivity contribution in [3.05, 3.63) is 69.7 Å². The second-order valence-corrected chi connectivity index (χ2v) is 8.68. The molecule has 5 nitrogen and oxygen atoms in total. The molecule has 2 aromatic carbocycles. The van der Waals surface area contributed by atoms with Crippen LogP contribution < -0.4 is 4.72 Å². The highest BCUT2D eigenvalue weighted by atomic mass is 32.2. The van der Waals surface area contributed by atoms with Crippen LogP contribution in [-0.4, -0.2) is 18.6 Å². The lowest BCUT2D eigenvalue weighted by Crippen LogP contribution is -2.15. The van der Waals surface area contributed by atoms with Gasteiger partial charge in [0.15, 0.2) is 0 Å². The van der Waals surface area contributed by atoms with E-state index in [4.69, 9.17) is 0 Å². The van der Waals surface area contributed by atoms with Crippen LogP contribution in [0, 0.1) is 20.8 Å². The van der Waals surface area contributed by atoms with E-state index in [9.17, 15) is 8.42 Å². The van der Waals surface area contributed by atoms with Crippen molar-refractivity contribution in [3.63, 3.8) is 0 Å². The summed E-state index contributed by atoms with van der Waals surface area (Å²) in [5, 5.41) is 9.12. The van der Waals surface area contributed by atoms with Crippen LogP contribution in [0.4, 0.5) is 5.13 Å². The highest BCUT2D eigenvalue weighted by molar-refractivity contribution is 7.93. The van der Waals surface area contributed by atoms with Gasteiger partial charge in [-0.05, 0) is 37.5 Å². The van der Waals surface area contributed by atoms with E-state index in [0.29, 0.717) is 11.3 Å². The number of rotatable bonds is 5. The Kier molecular flexibility index (Phi) is 4.87. The summed E-state index contributed by atoms with van der Waals surface area (Å²) in [4.78, 5) is 0.304. The normalized spacial score (nSPS) is 11.5. The first-order chi connectivity index (χ1) is 11.8. The van der Waals surface area contributed by atoms with E-state index in [1.54, 1.807) is 13.8 Å². The molecule has 25 heavy (non-hydrogen) atoms. The molecule has 0 fully saturated rings. The second-order valence-electron chi connectivity index (χ2n) is 6.00. The Labute approximate surface area is 151 Å². The molecular formula is C18H19N3O2S2. The lowest BCUT2D eigenvalue weighted by molar-refractivity contribution is 0.600. The molecule has 7 heteroatoms. The minimum absolute atomic E-state index is 0.283. The summed E-state index contributed by atoms with van der Waals surface area (Å²) in [5.41, 5.74) is 3.59. The maximum Gasteiger partial charge on any atom is 0.264 e. The smallest absolute Gasteiger partial charge is 0.253 e. The van der Waals surface area contributed by atoms with E-state index < -0.39 is 10.0 Å². The Morgan fingerprint density at radius 2 is 1.64 bits per heavy atom. The fourth-order valence-electron chi connectivity index (χ4n) is 2.89. The number of sulfonamides is 1. The van der Waals surface area contributed by atoms with Crippen molar-refractivity contribution in [2.75, 3.05) is 4.72 Å². The fraction of sp³-hybridized carbons (Fsp3) is 0.222. The van der Waals surface area contributed by atoms with Crippen molar-refractivity contribution in [1.29, 1.82) is 0 Å². The monoisotopic (exact) mass is 373 g/mol. The van der Waals surface area contributed by atoms with Gasteiger partial charge < -0.3 is 0 Å². The van der Waals surface area contributed by atoms with Crippen LogP contribution in [0.5, 0.6) is 0 Å². The third-order valence-corrected chi connectivity index (χ3v) is 6.37. The van der Waals surface area contributed by atoms with E-state index in [1.165, 1.54) is 11.3 Å². The summed E-state index contributed by atoms with van der Waals surface area (Å²) in [6.07, 6.45) is 0.628. The van der Waals surface area contributed by atoms with Gasteiger partial charge in [0.2, 0.25) is 5.13 Å². The Bertz CT molecular complexity index is 973. The first kappa shape index (κ1) is 17.6. The molecule has 3 aromatic rings. The van der Waals surface area contributed by atoms with Crippen LogP contribution in [0.1, 0.15) is 27.3 Å². The third-order valence-electron chi connectivity index (χ3n) is 3.76. The highest BCUT2D eigenvalue weighted by Crippen LogP contribution is 2.26. The van der Waals surface area contributed by atoms with Crippen LogP contribution in [0.15, 0.2) is 47.4 Å². The molecule has 0 atom stereocenters. The maximum absolute atomic E-state index is 12.7. The van der Waals surface area contributed by atoms with Gasteiger partial charge in [0.05, 0.1) is 4.90 Å². The van der Waals surface area contributed by atoms with E-state index in [2.05, 4.69) is 14.9 Å². The van der Waals surface area contributed by atoms with E-state index in [0.717, 1.165) is 27.3 Å². The molecule has 0 aliphatic rings. The van der Waals surface area contributed by atoms with Crippen molar-refractivity contribution < 1.29 is 8.42 Å². The molecule has 0 aliphatic carbocycles. The third kappa shape index (κ3) is 4.05. The molecule has 3 rings (SSSR count). The zero-order valence-electron chi connectivity index (χ0n) is 14.3. The Morgan fingerprint density at radius 3 is 2.28 bits per heavy atom. The number of hydrogen-bond acceptors (Lipinski definition) is 5. The van der Waals surface area contributed by atoms with Gasteiger partial charge in [0, 0.05) is 6.42 Å². The van der Waals surface area contributed by atoms with Gasteiger partial charge in [0.1, 0.15) is 5.01 Å². The fourth-order valence-corrected chi connectivity index (χ4v) is 5.35. The predicted octanol–water partition coefficient (Wildman–Crippen LogP) is 3.85. The molecule has 130 valence electrons. The Balaban J connectivity index is 1.83. The lowest BCUT2D eigenvalue weighted by atomic mass is 10.1. The molecule has 0 saturated carbocycles. The number of hydrogen-bond donors (Lipinski definition) is 1. The number of aromatic nitrogens is 2. The summed E-state index contributed by atoms with van der Waals surface area (Å²) < 4.78 is 28.1. The first-order valence-electron chi connectivity index (χ1n) is 7.82. The van der Waals surface area contributed by atoms with E-state index in [1.807, 2.05) is 49.4 Å². The summed E-state index contributed by atoms with van der Waals surface area (Å²) in [6.45, 7) is 5.55. The van der Waals surface area contributed by atoms with Gasteiger partial charge in [0.25, 0.3) is 10.0 Å². The zero-order valence-corrected chi connectivity index (χ0v) is 15.9. The van der Waals surface area contributed by atoms with Crippen LogP contribution >= 0.6 is 11.3 Å². The van der Waals surface area contributed by atoms with Crippen molar-refractivity contribution in [3.8, 4) is 0 Å². The molecule has 0 bridgehead atoms. The molecule has 0 radical (unpaired) electrons. The van der Waals surface area contributed by atoms with Gasteiger partial charge in [-0.2, -0.15) is 0 Å². The number of nitrogens with zero attached hydrogens (tertiary/aromatic N) is 2. The van der Waals surface area contributed by atoms with Crippen LogP contribution in [0.3, 0.4) is 0 Å². The van der Waals surface area contributed by atoms with Crippen LogP contribution in [0.2, 0.25) is 0 Å². The standard InChI is InChI=1S/C18H19N3O2S2/c1-12-9-13(2)17(14(3)10-12)25(22,23)21-18-20-19-16(24-18)11-15-7-5-4-6-8-15/h4-10H,11H2,1-3H3,(H,20,21). The molecule has 0 aliphatic heterocycles. The Morgan fingerprint density at radius 1 is 1.00 bits per heavy atom. The number of nitrogens with one attached hydrogen (secondary N) is 1. The molecule has 0 amide bonds. The van der Waals surface area contributed by atoms with Crippen molar-refractivity contribution in [2.45, 2.75) is 32.1 Å². The average Bonchev–Trinajstić information content (AvgIpc) is 2.93. The summed E-state index contributed by atoms with van der Waals surface area (Å²) in [6, 6.07) is 13.6. The minimum Gasteiger partial charge on any atom is -0.253 e. The summed E-state index contributed by atoms with van der Waals surface area (Å²) in [7, 11) is -3.69. The average molecular weight is 374 g/mol. The SMILES string of the molecule is Cc1cc(C)c(S(=O)(=O)Nc2nnc(Cc3ccccc3)s2)c(C)c1. The topological polar surface area (TPSA) is 72.0 Å². The van der Waals surface area contributed by atoms with Gasteiger partial charge >= 0.3 is 0 Å². The lowest BCUT2D eigenvalue weighted by Gasteiger charge is -2.12. The predicted molar refractivity (Wildman–Crippen MR) is 101 cm³/mol. The van der Waals surface area contributed by atoms with Gasteiger partial charge in [-0.3, -0.25) is 4.72 Å². The maximum atomic E-state index is 12.7. The highest BCUT2D eigenvalue weighted by Gasteiger charge is 2.21. The Hall–Kier alpha value is -2.25. The molecule has 0 unspecified atom stereocenters. The molecule has 1 aromatic heterocycles. The van der Waals surface area contributed by atoms with Crippen molar-refractivity contribution in [2.24, 2.45) is 0 Å². The first-order valence-corrected chi connectivity index (χ1v) is 10.1. The zero-order chi connectivity index (χ0) is 18.0. The van der Waals surface area contributed by atoms with Crippen molar-refractivity contribution in [1.82, 2.24) is 10.2 Å². The molecule has 1 N–H and O–H groups in total. The summed E-state index contributed by atoms with van der Waals surface area (Å²) in [5.74, 6) is 0. The molecule has 0 spiro atoms. The molecular weight excluding hydrogens is 354 g/mol. The number of anilines is 1. The molecule has 0 saturated heterocycles. The van der Waals surface area contributed by atoms with Crippen LogP contribution in [-0.2, 0) is 16.4 Å². The van der Waals surface area contributed by atoms with E-state index >= 15 is 0 Å². The number of aryl methyl sites for hydroxylation is 3. The second kappa shape index (κ2) is 6.93. The van der Waals surface area contributed by atoms with Gasteiger partial charge in [-0.25, -0.2) is 8.42 Å². The van der Waals surface area contributed by atoms with Crippen molar-refractivity contribution >= 4 is 26.5 Å².